The minimum atomic E-state index is -0.993. The number of nitrogens with one attached hydrogen (secondary N) is 1. The van der Waals surface area contributed by atoms with Gasteiger partial charge in [-0.2, -0.15) is 0 Å². The fourth-order valence-corrected chi connectivity index (χ4v) is 4.47. The number of aryl methyl sites for hydroxylation is 1. The normalized spacial score (nSPS) is 12.0. The maximum atomic E-state index is 12.0. The highest BCUT2D eigenvalue weighted by molar-refractivity contribution is 7.19. The van der Waals surface area contributed by atoms with E-state index in [1.165, 1.54) is 6.33 Å². The number of phenols is 1. The van der Waals surface area contributed by atoms with Crippen LogP contribution in [0.25, 0.3) is 21.3 Å². The lowest BCUT2D eigenvalue weighted by molar-refractivity contribution is -0.138. The zero-order chi connectivity index (χ0) is 20.4. The lowest BCUT2D eigenvalue weighted by Gasteiger charge is -2.16. The Morgan fingerprint density at radius 1 is 1.14 bits per heavy atom. The van der Waals surface area contributed by atoms with Crippen LogP contribution in [0.1, 0.15) is 23.4 Å². The zero-order valence-electron chi connectivity index (χ0n) is 15.7. The summed E-state index contributed by atoms with van der Waals surface area (Å²) in [4.78, 5) is 22.6. The van der Waals surface area contributed by atoms with Gasteiger partial charge in [0.2, 0.25) is 0 Å². The van der Waals surface area contributed by atoms with Crippen molar-refractivity contribution in [2.75, 3.05) is 5.32 Å². The summed E-state index contributed by atoms with van der Waals surface area (Å²) in [5.74, 6) is -0.365. The molecule has 29 heavy (non-hydrogen) atoms. The van der Waals surface area contributed by atoms with E-state index >= 15 is 0 Å². The second-order valence-electron chi connectivity index (χ2n) is 6.53. The van der Waals surface area contributed by atoms with Gasteiger partial charge >= 0.3 is 5.97 Å². The minimum Gasteiger partial charge on any atom is -0.508 e. The van der Waals surface area contributed by atoms with Crippen molar-refractivity contribution >= 4 is 33.3 Å². The Morgan fingerprint density at radius 3 is 2.62 bits per heavy atom. The van der Waals surface area contributed by atoms with Crippen molar-refractivity contribution in [3.8, 4) is 16.9 Å². The molecule has 0 spiro atoms. The highest BCUT2D eigenvalue weighted by atomic mass is 32.1. The number of carboxylic acids is 1. The van der Waals surface area contributed by atoms with E-state index in [2.05, 4.69) is 22.2 Å². The summed E-state index contributed by atoms with van der Waals surface area (Å²) in [7, 11) is 0. The third-order valence-corrected chi connectivity index (χ3v) is 5.92. The van der Waals surface area contributed by atoms with Gasteiger partial charge in [-0.25, -0.2) is 14.8 Å². The summed E-state index contributed by atoms with van der Waals surface area (Å²) in [5, 5.41) is 23.6. The Bertz CT molecular complexity index is 1170. The lowest BCUT2D eigenvalue weighted by atomic mass is 10.0. The van der Waals surface area contributed by atoms with Crippen LogP contribution < -0.4 is 5.32 Å². The molecule has 0 radical (unpaired) electrons. The molecule has 2 aromatic carbocycles. The number of phenolic OH excluding ortho intramolecular Hbond substituents is 1. The number of aromatic nitrogens is 2. The SMILES string of the molecule is CCc1sc2ncnc(N[C@@H](C(=O)O)c3ccccc3)c2c1-c1cccc(O)c1. The van der Waals surface area contributed by atoms with Gasteiger partial charge in [-0.1, -0.05) is 49.4 Å². The molecule has 0 fully saturated rings. The number of benzene rings is 2. The molecule has 1 atom stereocenters. The monoisotopic (exact) mass is 405 g/mol. The number of hydrogen-bond acceptors (Lipinski definition) is 6. The van der Waals surface area contributed by atoms with E-state index in [9.17, 15) is 15.0 Å². The van der Waals surface area contributed by atoms with Crippen LogP contribution in [0.5, 0.6) is 5.75 Å². The summed E-state index contributed by atoms with van der Waals surface area (Å²) in [6.07, 6.45) is 2.23. The van der Waals surface area contributed by atoms with Gasteiger partial charge in [0.15, 0.2) is 6.04 Å². The summed E-state index contributed by atoms with van der Waals surface area (Å²) in [5.41, 5.74) is 2.40. The molecule has 7 heteroatoms. The van der Waals surface area contributed by atoms with Gasteiger partial charge < -0.3 is 15.5 Å². The molecule has 3 N–H and O–H groups in total. The first-order valence-electron chi connectivity index (χ1n) is 9.18. The molecule has 0 amide bonds. The third kappa shape index (κ3) is 3.64. The van der Waals surface area contributed by atoms with Crippen molar-refractivity contribution in [3.05, 3.63) is 71.4 Å². The lowest BCUT2D eigenvalue weighted by Crippen LogP contribution is -2.21. The second-order valence-corrected chi connectivity index (χ2v) is 7.62. The smallest absolute Gasteiger partial charge is 0.330 e. The van der Waals surface area contributed by atoms with Gasteiger partial charge in [0.05, 0.1) is 5.39 Å². The van der Waals surface area contributed by atoms with Gasteiger partial charge in [0.25, 0.3) is 0 Å². The quantitative estimate of drug-likeness (QED) is 0.424. The molecule has 0 saturated carbocycles. The van der Waals surface area contributed by atoms with Crippen molar-refractivity contribution in [2.45, 2.75) is 19.4 Å². The molecule has 6 nitrogen and oxygen atoms in total. The van der Waals surface area contributed by atoms with Crippen molar-refractivity contribution in [1.29, 1.82) is 0 Å². The van der Waals surface area contributed by atoms with Crippen molar-refractivity contribution < 1.29 is 15.0 Å². The number of anilines is 1. The summed E-state index contributed by atoms with van der Waals surface area (Å²) < 4.78 is 0. The maximum absolute atomic E-state index is 12.0. The molecule has 0 aliphatic heterocycles. The standard InChI is InChI=1S/C22H19N3O3S/c1-2-16-17(14-9-6-10-15(26)11-14)18-20(23-12-24-21(18)29-16)25-19(22(27)28)13-7-4-3-5-8-13/h3-12,19,26H,2H2,1H3,(H,27,28)(H,23,24,25)/t19-/m1/s1. The predicted octanol–water partition coefficient (Wildman–Crippen LogP) is 4.86. The Hall–Kier alpha value is -3.45. The maximum Gasteiger partial charge on any atom is 0.330 e. The average molecular weight is 405 g/mol. The average Bonchev–Trinajstić information content (AvgIpc) is 3.12. The molecule has 0 saturated heterocycles. The number of aliphatic carboxylic acids is 1. The van der Waals surface area contributed by atoms with Crippen LogP contribution in [0.15, 0.2) is 60.9 Å². The van der Waals surface area contributed by atoms with E-state index in [-0.39, 0.29) is 5.75 Å². The van der Waals surface area contributed by atoms with Crippen LogP contribution >= 0.6 is 11.3 Å². The molecule has 0 aliphatic carbocycles. The number of carbonyl (C=O) groups is 1. The number of aromatic hydroxyl groups is 1. The van der Waals surface area contributed by atoms with Crippen LogP contribution in [0.3, 0.4) is 0 Å². The fourth-order valence-electron chi connectivity index (χ4n) is 3.37. The van der Waals surface area contributed by atoms with E-state index in [0.717, 1.165) is 32.6 Å². The van der Waals surface area contributed by atoms with Crippen LogP contribution in [-0.4, -0.2) is 26.2 Å². The van der Waals surface area contributed by atoms with E-state index < -0.39 is 12.0 Å². The van der Waals surface area contributed by atoms with Crippen molar-refractivity contribution in [3.63, 3.8) is 0 Å². The van der Waals surface area contributed by atoms with E-state index in [4.69, 9.17) is 0 Å². The Morgan fingerprint density at radius 2 is 1.93 bits per heavy atom. The molecular formula is C22H19N3O3S. The molecular weight excluding hydrogens is 386 g/mol. The molecule has 0 aliphatic rings. The number of nitrogens with zero attached hydrogens (tertiary/aromatic N) is 2. The highest BCUT2D eigenvalue weighted by Gasteiger charge is 2.24. The van der Waals surface area contributed by atoms with Gasteiger partial charge in [-0.3, -0.25) is 0 Å². The number of carboxylic acid groups (broad SMARTS) is 1. The van der Waals surface area contributed by atoms with Gasteiger partial charge in [-0.05, 0) is 29.7 Å². The van der Waals surface area contributed by atoms with Gasteiger partial charge in [0, 0.05) is 10.4 Å². The third-order valence-electron chi connectivity index (χ3n) is 4.68. The van der Waals surface area contributed by atoms with E-state index in [1.54, 1.807) is 53.8 Å². The summed E-state index contributed by atoms with van der Waals surface area (Å²) in [6.45, 7) is 2.06. The first-order valence-corrected chi connectivity index (χ1v) is 10.00. The number of hydrogen-bond donors (Lipinski definition) is 3. The first kappa shape index (κ1) is 18.9. The van der Waals surface area contributed by atoms with E-state index in [1.807, 2.05) is 12.1 Å². The van der Waals surface area contributed by atoms with Crippen LogP contribution in [0.4, 0.5) is 5.82 Å². The van der Waals surface area contributed by atoms with Crippen LogP contribution in [0.2, 0.25) is 0 Å². The molecule has 0 unspecified atom stereocenters. The molecule has 2 aromatic heterocycles. The topological polar surface area (TPSA) is 95.3 Å². The largest absolute Gasteiger partial charge is 0.508 e. The molecule has 2 heterocycles. The summed E-state index contributed by atoms with van der Waals surface area (Å²) in [6, 6.07) is 15.1. The first-order chi connectivity index (χ1) is 14.1. The number of rotatable bonds is 6. The van der Waals surface area contributed by atoms with Gasteiger partial charge in [0.1, 0.15) is 22.7 Å². The number of thiophene rings is 1. The Balaban J connectivity index is 1.89. The second kappa shape index (κ2) is 7.89. The van der Waals surface area contributed by atoms with Gasteiger partial charge in [-0.15, -0.1) is 11.3 Å². The predicted molar refractivity (Wildman–Crippen MR) is 114 cm³/mol. The van der Waals surface area contributed by atoms with E-state index in [0.29, 0.717) is 11.4 Å². The van der Waals surface area contributed by atoms with Crippen LogP contribution in [-0.2, 0) is 11.2 Å². The Kier molecular flexibility index (Phi) is 5.14. The molecule has 146 valence electrons. The molecule has 4 rings (SSSR count). The zero-order valence-corrected chi connectivity index (χ0v) is 16.5. The molecule has 0 bridgehead atoms. The van der Waals surface area contributed by atoms with Crippen LogP contribution in [0, 0.1) is 0 Å². The van der Waals surface area contributed by atoms with Crippen molar-refractivity contribution in [2.24, 2.45) is 0 Å². The fraction of sp³-hybridized carbons (Fsp3) is 0.136. The highest BCUT2D eigenvalue weighted by Crippen LogP contribution is 2.42. The number of fused-ring (bicyclic) bond motifs is 1. The minimum absolute atomic E-state index is 0.169. The summed E-state index contributed by atoms with van der Waals surface area (Å²) >= 11 is 1.55. The Labute approximate surface area is 171 Å². The molecule has 4 aromatic rings. The van der Waals surface area contributed by atoms with Crippen molar-refractivity contribution in [1.82, 2.24) is 9.97 Å².